The average molecular weight is 401 g/mol. The van der Waals surface area contributed by atoms with Crippen molar-refractivity contribution in [1.82, 2.24) is 5.32 Å². The maximum Gasteiger partial charge on any atom is 0.255 e. The number of aromatic hydroxyl groups is 1. The Balaban J connectivity index is 1.81. The lowest BCUT2D eigenvalue weighted by Crippen LogP contribution is -2.27. The second kappa shape index (κ2) is 7.11. The topological polar surface area (TPSA) is 78.4 Å². The molecule has 1 atom stereocenters. The third-order valence-electron chi connectivity index (χ3n) is 4.21. The van der Waals surface area contributed by atoms with Crippen molar-refractivity contribution in [3.63, 3.8) is 0 Å². The van der Waals surface area contributed by atoms with Crippen LogP contribution in [-0.4, -0.2) is 16.9 Å². The summed E-state index contributed by atoms with van der Waals surface area (Å²) < 4.78 is 1.04. The zero-order valence-electron chi connectivity index (χ0n) is 13.4. The SMILES string of the molecule is C=CC(=O)Nc1ccc(O)c(C(=O)NC2CCc3c(Br)cccc32)c1. The minimum Gasteiger partial charge on any atom is -0.507 e. The molecule has 2 amide bonds. The smallest absolute Gasteiger partial charge is 0.255 e. The Kier molecular flexibility index (Phi) is 4.90. The summed E-state index contributed by atoms with van der Waals surface area (Å²) >= 11 is 3.54. The van der Waals surface area contributed by atoms with Crippen LogP contribution in [0.1, 0.15) is 33.9 Å². The number of phenols is 1. The first kappa shape index (κ1) is 17.2. The van der Waals surface area contributed by atoms with Crippen LogP contribution in [0, 0.1) is 0 Å². The summed E-state index contributed by atoms with van der Waals surface area (Å²) in [4.78, 5) is 24.0. The molecular formula is C19H17BrN2O3. The molecule has 2 aromatic carbocycles. The number of anilines is 1. The van der Waals surface area contributed by atoms with Crippen molar-refractivity contribution in [3.05, 3.63) is 70.2 Å². The molecule has 0 radical (unpaired) electrons. The number of rotatable bonds is 4. The van der Waals surface area contributed by atoms with E-state index in [1.165, 1.54) is 23.8 Å². The lowest BCUT2D eigenvalue weighted by Gasteiger charge is -2.15. The van der Waals surface area contributed by atoms with Gasteiger partial charge in [0.1, 0.15) is 5.75 Å². The van der Waals surface area contributed by atoms with Crippen LogP contribution < -0.4 is 10.6 Å². The zero-order chi connectivity index (χ0) is 18.0. The lowest BCUT2D eigenvalue weighted by molar-refractivity contribution is -0.111. The van der Waals surface area contributed by atoms with Gasteiger partial charge in [-0.05, 0) is 54.3 Å². The van der Waals surface area contributed by atoms with Crippen molar-refractivity contribution in [3.8, 4) is 5.75 Å². The Hall–Kier alpha value is -2.60. The first-order chi connectivity index (χ1) is 12.0. The molecule has 6 heteroatoms. The fourth-order valence-electron chi connectivity index (χ4n) is 2.98. The highest BCUT2D eigenvalue weighted by molar-refractivity contribution is 9.10. The number of hydrogen-bond acceptors (Lipinski definition) is 3. The van der Waals surface area contributed by atoms with Gasteiger partial charge in [0, 0.05) is 10.2 Å². The fourth-order valence-corrected chi connectivity index (χ4v) is 3.56. The quantitative estimate of drug-likeness (QED) is 0.540. The van der Waals surface area contributed by atoms with Crippen molar-refractivity contribution in [1.29, 1.82) is 0 Å². The van der Waals surface area contributed by atoms with Crippen molar-refractivity contribution >= 4 is 33.4 Å². The molecule has 0 bridgehead atoms. The summed E-state index contributed by atoms with van der Waals surface area (Å²) in [5.41, 5.74) is 2.81. The molecule has 3 N–H and O–H groups in total. The van der Waals surface area contributed by atoms with Gasteiger partial charge in [0.2, 0.25) is 5.91 Å². The maximum absolute atomic E-state index is 12.6. The van der Waals surface area contributed by atoms with Crippen LogP contribution in [0.25, 0.3) is 0 Å². The second-order valence-corrected chi connectivity index (χ2v) is 6.65. The van der Waals surface area contributed by atoms with Crippen LogP contribution >= 0.6 is 15.9 Å². The second-order valence-electron chi connectivity index (χ2n) is 5.80. The van der Waals surface area contributed by atoms with Crippen molar-refractivity contribution in [2.24, 2.45) is 0 Å². The van der Waals surface area contributed by atoms with Gasteiger partial charge in [-0.1, -0.05) is 34.6 Å². The van der Waals surface area contributed by atoms with Gasteiger partial charge in [-0.15, -0.1) is 0 Å². The minimum absolute atomic E-state index is 0.106. The number of phenolic OH excluding ortho intramolecular Hbond substituents is 1. The molecule has 1 aliphatic carbocycles. The Morgan fingerprint density at radius 2 is 2.08 bits per heavy atom. The minimum atomic E-state index is -0.384. The third kappa shape index (κ3) is 3.58. The van der Waals surface area contributed by atoms with Gasteiger partial charge in [-0.25, -0.2) is 0 Å². The molecule has 3 rings (SSSR count). The van der Waals surface area contributed by atoms with Crippen molar-refractivity contribution < 1.29 is 14.7 Å². The number of nitrogens with one attached hydrogen (secondary N) is 2. The lowest BCUT2D eigenvalue weighted by atomic mass is 10.1. The maximum atomic E-state index is 12.6. The number of carbonyl (C=O) groups is 2. The number of amides is 2. The van der Waals surface area contributed by atoms with Crippen LogP contribution in [0.3, 0.4) is 0 Å². The van der Waals surface area contributed by atoms with E-state index in [4.69, 9.17) is 0 Å². The molecular weight excluding hydrogens is 384 g/mol. The molecule has 1 aliphatic rings. The highest BCUT2D eigenvalue weighted by Crippen LogP contribution is 2.36. The summed E-state index contributed by atoms with van der Waals surface area (Å²) in [6.07, 6.45) is 2.82. The van der Waals surface area contributed by atoms with E-state index >= 15 is 0 Å². The van der Waals surface area contributed by atoms with Gasteiger partial charge in [-0.3, -0.25) is 9.59 Å². The number of carbonyl (C=O) groups excluding carboxylic acids is 2. The average Bonchev–Trinajstić information content (AvgIpc) is 3.00. The zero-order valence-corrected chi connectivity index (χ0v) is 15.0. The molecule has 0 heterocycles. The highest BCUT2D eigenvalue weighted by Gasteiger charge is 2.26. The van der Waals surface area contributed by atoms with E-state index in [0.29, 0.717) is 5.69 Å². The monoisotopic (exact) mass is 400 g/mol. The number of halogens is 1. The van der Waals surface area contributed by atoms with Crippen LogP contribution in [0.5, 0.6) is 5.75 Å². The standard InChI is InChI=1S/C19H17BrN2O3/c1-2-18(24)21-11-6-9-17(23)14(10-11)19(25)22-16-8-7-12-13(16)4-3-5-15(12)20/h2-6,9-10,16,23H,1,7-8H2,(H,21,24)(H,22,25). The molecule has 0 saturated heterocycles. The first-order valence-corrected chi connectivity index (χ1v) is 8.63. The molecule has 0 aliphatic heterocycles. The fraction of sp³-hybridized carbons (Fsp3) is 0.158. The summed E-state index contributed by atoms with van der Waals surface area (Å²) in [5.74, 6) is -0.904. The summed E-state index contributed by atoms with van der Waals surface area (Å²) in [7, 11) is 0. The van der Waals surface area contributed by atoms with E-state index in [0.717, 1.165) is 29.0 Å². The van der Waals surface area contributed by atoms with Crippen LogP contribution in [0.4, 0.5) is 5.69 Å². The van der Waals surface area contributed by atoms with Crippen molar-refractivity contribution in [2.75, 3.05) is 5.32 Å². The highest BCUT2D eigenvalue weighted by atomic mass is 79.9. The van der Waals surface area contributed by atoms with E-state index in [9.17, 15) is 14.7 Å². The molecule has 0 fully saturated rings. The Morgan fingerprint density at radius 1 is 1.28 bits per heavy atom. The molecule has 5 nitrogen and oxygen atoms in total. The number of hydrogen-bond donors (Lipinski definition) is 3. The van der Waals surface area contributed by atoms with Gasteiger partial charge >= 0.3 is 0 Å². The molecule has 25 heavy (non-hydrogen) atoms. The van der Waals surface area contributed by atoms with E-state index in [2.05, 4.69) is 33.1 Å². The number of benzene rings is 2. The molecule has 0 spiro atoms. The molecule has 0 aromatic heterocycles. The predicted molar refractivity (Wildman–Crippen MR) is 99.6 cm³/mol. The summed E-state index contributed by atoms with van der Waals surface area (Å²) in [6, 6.07) is 10.2. The first-order valence-electron chi connectivity index (χ1n) is 7.84. The van der Waals surface area contributed by atoms with Crippen molar-refractivity contribution in [2.45, 2.75) is 18.9 Å². The van der Waals surface area contributed by atoms with Gasteiger partial charge in [0.15, 0.2) is 0 Å². The number of fused-ring (bicyclic) bond motifs is 1. The Morgan fingerprint density at radius 3 is 2.84 bits per heavy atom. The molecule has 1 unspecified atom stereocenters. The molecule has 0 saturated carbocycles. The van der Waals surface area contributed by atoms with Gasteiger partial charge < -0.3 is 15.7 Å². The van der Waals surface area contributed by atoms with E-state index in [-0.39, 0.29) is 29.2 Å². The summed E-state index contributed by atoms with van der Waals surface area (Å²) in [6.45, 7) is 3.38. The Bertz CT molecular complexity index is 864. The third-order valence-corrected chi connectivity index (χ3v) is 4.96. The normalized spacial score (nSPS) is 15.3. The Labute approximate surface area is 153 Å². The van der Waals surface area contributed by atoms with Gasteiger partial charge in [-0.2, -0.15) is 0 Å². The molecule has 2 aromatic rings. The van der Waals surface area contributed by atoms with E-state index < -0.39 is 0 Å². The molecule has 128 valence electrons. The predicted octanol–water partition coefficient (Wildman–Crippen LogP) is 3.70. The van der Waals surface area contributed by atoms with Gasteiger partial charge in [0.25, 0.3) is 5.91 Å². The van der Waals surface area contributed by atoms with Gasteiger partial charge in [0.05, 0.1) is 11.6 Å². The van der Waals surface area contributed by atoms with E-state index in [1.807, 2.05) is 18.2 Å². The van der Waals surface area contributed by atoms with Crippen LogP contribution in [-0.2, 0) is 11.2 Å². The van der Waals surface area contributed by atoms with Crippen LogP contribution in [0.2, 0.25) is 0 Å². The largest absolute Gasteiger partial charge is 0.507 e. The summed E-state index contributed by atoms with van der Waals surface area (Å²) in [5, 5.41) is 15.5. The van der Waals surface area contributed by atoms with Crippen LogP contribution in [0.15, 0.2) is 53.5 Å². The van der Waals surface area contributed by atoms with E-state index in [1.54, 1.807) is 0 Å².